The average molecular weight is 416 g/mol. The Morgan fingerprint density at radius 3 is 2.38 bits per heavy atom. The smallest absolute Gasteiger partial charge is 0.280 e. The number of nitrogens with zero attached hydrogens (tertiary/aromatic N) is 3. The van der Waals surface area contributed by atoms with Gasteiger partial charge in [-0.2, -0.15) is 0 Å². The number of carbonyl (C=O) groups excluding carboxylic acids is 2. The molecule has 1 aromatic carbocycles. The number of anilines is 1. The van der Waals surface area contributed by atoms with E-state index in [9.17, 15) is 14.0 Å². The normalized spacial score (nSPS) is 12.4. The number of hydrogen-bond acceptors (Lipinski definition) is 6. The van der Waals surface area contributed by atoms with Gasteiger partial charge in [0.05, 0.1) is 0 Å². The summed E-state index contributed by atoms with van der Waals surface area (Å²) < 4.78 is 23.0. The van der Waals surface area contributed by atoms with Crippen LogP contribution in [0.1, 0.15) is 48.8 Å². The molecule has 0 saturated carbocycles. The summed E-state index contributed by atoms with van der Waals surface area (Å²) in [7, 11) is 0. The Labute approximate surface area is 171 Å². The zero-order valence-electron chi connectivity index (χ0n) is 16.5. The molecule has 3 aromatic rings. The Kier molecular flexibility index (Phi) is 5.78. The van der Waals surface area contributed by atoms with Crippen LogP contribution in [0.15, 0.2) is 46.2 Å². The van der Waals surface area contributed by atoms with Crippen LogP contribution in [0.5, 0.6) is 0 Å². The van der Waals surface area contributed by atoms with E-state index in [2.05, 4.69) is 14.9 Å². The number of hydrogen-bond donors (Lipinski definition) is 1. The van der Waals surface area contributed by atoms with Crippen LogP contribution < -0.4 is 10.2 Å². The molecule has 152 valence electrons. The van der Waals surface area contributed by atoms with Gasteiger partial charge in [0.1, 0.15) is 17.3 Å². The highest BCUT2D eigenvalue weighted by molar-refractivity contribution is 7.03. The van der Waals surface area contributed by atoms with Gasteiger partial charge in [-0.15, -0.1) is 5.10 Å². The van der Waals surface area contributed by atoms with E-state index in [1.54, 1.807) is 19.1 Å². The second-order valence-electron chi connectivity index (χ2n) is 7.53. The van der Waals surface area contributed by atoms with Crippen molar-refractivity contribution in [1.29, 1.82) is 0 Å². The van der Waals surface area contributed by atoms with Crippen molar-refractivity contribution in [3.63, 3.8) is 0 Å². The lowest BCUT2D eigenvalue weighted by molar-refractivity contribution is -0.124. The molecule has 0 aliphatic heterocycles. The summed E-state index contributed by atoms with van der Waals surface area (Å²) in [6, 6.07) is 7.54. The van der Waals surface area contributed by atoms with Gasteiger partial charge in [0.15, 0.2) is 11.7 Å². The van der Waals surface area contributed by atoms with Gasteiger partial charge in [0.25, 0.3) is 11.8 Å². The van der Waals surface area contributed by atoms with E-state index >= 15 is 0 Å². The first-order chi connectivity index (χ1) is 13.7. The lowest BCUT2D eigenvalue weighted by Gasteiger charge is -2.32. The Bertz CT molecular complexity index is 994. The summed E-state index contributed by atoms with van der Waals surface area (Å²) >= 11 is 1.02. The van der Waals surface area contributed by atoms with Gasteiger partial charge in [-0.1, -0.05) is 4.49 Å². The highest BCUT2D eigenvalue weighted by Gasteiger charge is 2.37. The molecule has 0 saturated heterocycles. The van der Waals surface area contributed by atoms with E-state index in [1.165, 1.54) is 34.5 Å². The maximum absolute atomic E-state index is 13.5. The number of furan rings is 1. The summed E-state index contributed by atoms with van der Waals surface area (Å²) in [5, 5.41) is 8.22. The molecule has 2 amide bonds. The van der Waals surface area contributed by atoms with Crippen molar-refractivity contribution >= 4 is 29.0 Å². The predicted molar refractivity (Wildman–Crippen MR) is 107 cm³/mol. The van der Waals surface area contributed by atoms with E-state index < -0.39 is 29.2 Å². The molecular weight excluding hydrogens is 395 g/mol. The number of aryl methyl sites for hydroxylation is 1. The van der Waals surface area contributed by atoms with E-state index in [0.29, 0.717) is 11.4 Å². The molecule has 1 atom stereocenters. The molecule has 1 N–H and O–H groups in total. The second kappa shape index (κ2) is 8.12. The molecule has 0 radical (unpaired) electrons. The Morgan fingerprint density at radius 1 is 1.17 bits per heavy atom. The summed E-state index contributed by atoms with van der Waals surface area (Å²) in [6.45, 7) is 7.26. The number of benzene rings is 1. The molecule has 0 aliphatic rings. The van der Waals surface area contributed by atoms with Crippen molar-refractivity contribution in [2.24, 2.45) is 0 Å². The molecule has 29 heavy (non-hydrogen) atoms. The first-order valence-electron chi connectivity index (χ1n) is 8.90. The zero-order valence-corrected chi connectivity index (χ0v) is 17.3. The predicted octanol–water partition coefficient (Wildman–Crippen LogP) is 3.88. The summed E-state index contributed by atoms with van der Waals surface area (Å²) in [6.07, 6.45) is 0. The molecular formula is C20H21FN4O3S. The minimum absolute atomic E-state index is 0.0798. The van der Waals surface area contributed by atoms with Crippen LogP contribution >= 0.6 is 11.5 Å². The number of halogens is 1. The number of nitrogens with one attached hydrogen (secondary N) is 1. The lowest BCUT2D eigenvalue weighted by Crippen LogP contribution is -2.49. The molecule has 3 rings (SSSR count). The molecule has 1 unspecified atom stereocenters. The van der Waals surface area contributed by atoms with Crippen molar-refractivity contribution in [2.75, 3.05) is 4.90 Å². The third-order valence-corrected chi connectivity index (χ3v) is 4.44. The first kappa shape index (κ1) is 20.7. The van der Waals surface area contributed by atoms with Crippen molar-refractivity contribution in [2.45, 2.75) is 39.3 Å². The maximum atomic E-state index is 13.5. The fourth-order valence-electron chi connectivity index (χ4n) is 2.78. The second-order valence-corrected chi connectivity index (χ2v) is 8.14. The number of aromatic nitrogens is 2. The fourth-order valence-corrected chi connectivity index (χ4v) is 3.21. The van der Waals surface area contributed by atoms with Crippen LogP contribution in [-0.4, -0.2) is 26.9 Å². The Morgan fingerprint density at radius 2 is 1.86 bits per heavy atom. The minimum atomic E-state index is -1.12. The molecule has 2 heterocycles. The Balaban J connectivity index is 2.14. The minimum Gasteiger partial charge on any atom is -0.464 e. The SMILES string of the molecule is Cc1ccc(C(C(=O)NC(C)(C)C)N(C(=O)c2csnn2)c2ccc(F)cc2)o1. The first-order valence-corrected chi connectivity index (χ1v) is 9.74. The zero-order chi connectivity index (χ0) is 21.2. The van der Waals surface area contributed by atoms with Crippen molar-refractivity contribution < 1.29 is 18.4 Å². The summed E-state index contributed by atoms with van der Waals surface area (Å²) in [5.74, 6) is -0.567. The molecule has 0 aliphatic carbocycles. The standard InChI is InChI=1S/C20H21FN4O3S/c1-12-5-10-16(28-12)17(18(26)22-20(2,3)4)25(14-8-6-13(21)7-9-14)19(27)15-11-29-24-23-15/h5-11,17H,1-4H3,(H,22,26). The van der Waals surface area contributed by atoms with Crippen LogP contribution in [0.2, 0.25) is 0 Å². The maximum Gasteiger partial charge on any atom is 0.280 e. The number of amides is 2. The van der Waals surface area contributed by atoms with Crippen LogP contribution in [0, 0.1) is 12.7 Å². The molecule has 0 bridgehead atoms. The van der Waals surface area contributed by atoms with E-state index in [-0.39, 0.29) is 11.5 Å². The third kappa shape index (κ3) is 4.86. The van der Waals surface area contributed by atoms with Crippen LogP contribution in [0.3, 0.4) is 0 Å². The quantitative estimate of drug-likeness (QED) is 0.682. The van der Waals surface area contributed by atoms with E-state index in [4.69, 9.17) is 4.42 Å². The van der Waals surface area contributed by atoms with Crippen molar-refractivity contribution in [3.05, 3.63) is 64.8 Å². The number of carbonyl (C=O) groups is 2. The summed E-state index contributed by atoms with van der Waals surface area (Å²) in [5.41, 5.74) is -0.139. The molecule has 2 aromatic heterocycles. The highest BCUT2D eigenvalue weighted by atomic mass is 32.1. The van der Waals surface area contributed by atoms with E-state index in [0.717, 1.165) is 11.5 Å². The molecule has 7 nitrogen and oxygen atoms in total. The van der Waals surface area contributed by atoms with Crippen LogP contribution in [0.25, 0.3) is 0 Å². The van der Waals surface area contributed by atoms with Gasteiger partial charge < -0.3 is 9.73 Å². The van der Waals surface area contributed by atoms with Crippen molar-refractivity contribution in [1.82, 2.24) is 14.9 Å². The highest BCUT2D eigenvalue weighted by Crippen LogP contribution is 2.31. The monoisotopic (exact) mass is 416 g/mol. The van der Waals surface area contributed by atoms with Gasteiger partial charge in [-0.3, -0.25) is 14.5 Å². The lowest BCUT2D eigenvalue weighted by atomic mass is 10.1. The average Bonchev–Trinajstić information content (AvgIpc) is 3.30. The van der Waals surface area contributed by atoms with Gasteiger partial charge in [-0.05, 0) is 75.6 Å². The Hall–Kier alpha value is -3.07. The fraction of sp³-hybridized carbons (Fsp3) is 0.300. The molecule has 9 heteroatoms. The largest absolute Gasteiger partial charge is 0.464 e. The number of rotatable bonds is 5. The van der Waals surface area contributed by atoms with Gasteiger partial charge in [0, 0.05) is 16.6 Å². The van der Waals surface area contributed by atoms with Crippen LogP contribution in [-0.2, 0) is 4.79 Å². The van der Waals surface area contributed by atoms with Gasteiger partial charge >= 0.3 is 0 Å². The topological polar surface area (TPSA) is 88.3 Å². The van der Waals surface area contributed by atoms with Crippen LogP contribution in [0.4, 0.5) is 10.1 Å². The van der Waals surface area contributed by atoms with Gasteiger partial charge in [0.2, 0.25) is 0 Å². The third-order valence-electron chi connectivity index (χ3n) is 3.94. The van der Waals surface area contributed by atoms with Gasteiger partial charge in [-0.25, -0.2) is 4.39 Å². The van der Waals surface area contributed by atoms with Crippen molar-refractivity contribution in [3.8, 4) is 0 Å². The molecule has 0 fully saturated rings. The van der Waals surface area contributed by atoms with E-state index in [1.807, 2.05) is 20.8 Å². The summed E-state index contributed by atoms with van der Waals surface area (Å²) in [4.78, 5) is 27.8. The molecule has 0 spiro atoms.